The topological polar surface area (TPSA) is 26.0 Å². The first-order valence-electron chi connectivity index (χ1n) is 2.56. The molecule has 0 amide bonds. The van der Waals surface area contributed by atoms with Crippen molar-refractivity contribution in [1.82, 2.24) is 0 Å². The fraction of sp³-hybridized carbons (Fsp3) is 1.00. The van der Waals surface area contributed by atoms with E-state index in [1.54, 1.807) is 0 Å². The highest BCUT2D eigenvalue weighted by atomic mass is 32.1. The number of hydrogen-bond acceptors (Lipinski definition) is 2. The maximum absolute atomic E-state index is 5.32. The normalized spacial score (nSPS) is 18.9. The molecule has 1 nitrogen and oxygen atoms in total. The summed E-state index contributed by atoms with van der Waals surface area (Å²) in [5.74, 6) is 0.545. The van der Waals surface area contributed by atoms with Crippen LogP contribution >= 0.6 is 12.6 Å². The van der Waals surface area contributed by atoms with Crippen LogP contribution in [-0.2, 0) is 0 Å². The highest BCUT2D eigenvalue weighted by Crippen LogP contribution is 2.05. The van der Waals surface area contributed by atoms with Crippen molar-refractivity contribution in [2.45, 2.75) is 19.1 Å². The molecule has 44 valence electrons. The van der Waals surface area contributed by atoms with E-state index in [0.29, 0.717) is 11.2 Å². The molecule has 0 radical (unpaired) electrons. The van der Waals surface area contributed by atoms with Gasteiger partial charge in [0, 0.05) is 5.25 Å². The Balaban J connectivity index is 3.14. The maximum atomic E-state index is 5.32. The van der Waals surface area contributed by atoms with Crippen LogP contribution in [0.15, 0.2) is 0 Å². The van der Waals surface area contributed by atoms with Crippen molar-refractivity contribution in [3.05, 3.63) is 0 Å². The predicted molar refractivity (Wildman–Crippen MR) is 36.7 cm³/mol. The van der Waals surface area contributed by atoms with Gasteiger partial charge < -0.3 is 5.73 Å². The van der Waals surface area contributed by atoms with E-state index in [1.165, 1.54) is 0 Å². The first-order chi connectivity index (χ1) is 3.18. The van der Waals surface area contributed by atoms with Crippen LogP contribution in [-0.4, -0.2) is 11.8 Å². The minimum absolute atomic E-state index is 0.435. The van der Waals surface area contributed by atoms with Crippen molar-refractivity contribution in [3.8, 4) is 0 Å². The molecule has 0 bridgehead atoms. The molecule has 7 heavy (non-hydrogen) atoms. The van der Waals surface area contributed by atoms with Gasteiger partial charge in [-0.1, -0.05) is 13.8 Å². The van der Waals surface area contributed by atoms with E-state index in [-0.39, 0.29) is 0 Å². The highest BCUT2D eigenvalue weighted by molar-refractivity contribution is 7.80. The molecule has 0 fully saturated rings. The Morgan fingerprint density at radius 3 is 2.00 bits per heavy atom. The molecule has 0 aromatic carbocycles. The van der Waals surface area contributed by atoms with Crippen LogP contribution in [0, 0.1) is 5.92 Å². The van der Waals surface area contributed by atoms with E-state index >= 15 is 0 Å². The van der Waals surface area contributed by atoms with Gasteiger partial charge in [0.2, 0.25) is 0 Å². The van der Waals surface area contributed by atoms with Crippen LogP contribution in [0.2, 0.25) is 0 Å². The summed E-state index contributed by atoms with van der Waals surface area (Å²) in [7, 11) is 0. The number of thiol groups is 1. The molecular weight excluding hydrogens is 106 g/mol. The molecule has 0 aliphatic carbocycles. The molecule has 0 aliphatic rings. The van der Waals surface area contributed by atoms with E-state index in [9.17, 15) is 0 Å². The minimum Gasteiger partial charge on any atom is -0.330 e. The molecule has 0 aromatic rings. The van der Waals surface area contributed by atoms with E-state index in [0.717, 1.165) is 6.54 Å². The molecule has 0 spiro atoms. The first-order valence-corrected chi connectivity index (χ1v) is 3.08. The molecule has 0 heterocycles. The summed E-state index contributed by atoms with van der Waals surface area (Å²) in [4.78, 5) is 0. The van der Waals surface area contributed by atoms with Gasteiger partial charge in [-0.2, -0.15) is 12.6 Å². The van der Waals surface area contributed by atoms with Crippen molar-refractivity contribution in [1.29, 1.82) is 0 Å². The second-order valence-electron chi connectivity index (χ2n) is 1.95. The fourth-order valence-electron chi connectivity index (χ4n) is 0.197. The van der Waals surface area contributed by atoms with Gasteiger partial charge in [-0.3, -0.25) is 0 Å². The third-order valence-corrected chi connectivity index (χ3v) is 1.70. The Bertz CT molecular complexity index is 45.3. The third-order valence-electron chi connectivity index (χ3n) is 1.20. The summed E-state index contributed by atoms with van der Waals surface area (Å²) >= 11 is 4.19. The lowest BCUT2D eigenvalue weighted by Crippen LogP contribution is -2.18. The molecule has 0 saturated heterocycles. The second-order valence-corrected chi connectivity index (χ2v) is 2.77. The Hall–Kier alpha value is 0.310. The maximum Gasteiger partial charge on any atom is 0.00261 e. The average molecular weight is 119 g/mol. The lowest BCUT2D eigenvalue weighted by atomic mass is 10.1. The summed E-state index contributed by atoms with van der Waals surface area (Å²) in [5, 5.41) is 0.435. The van der Waals surface area contributed by atoms with Crippen molar-refractivity contribution in [2.75, 3.05) is 6.54 Å². The smallest absolute Gasteiger partial charge is 0.00261 e. The lowest BCUT2D eigenvalue weighted by molar-refractivity contribution is 0.592. The van der Waals surface area contributed by atoms with Crippen molar-refractivity contribution in [2.24, 2.45) is 11.7 Å². The molecular formula is C5H13NS. The van der Waals surface area contributed by atoms with Crippen LogP contribution in [0.3, 0.4) is 0 Å². The zero-order valence-corrected chi connectivity index (χ0v) is 5.78. The number of hydrogen-bond donors (Lipinski definition) is 2. The summed E-state index contributed by atoms with van der Waals surface area (Å²) in [5.41, 5.74) is 5.32. The van der Waals surface area contributed by atoms with Crippen LogP contribution in [0.4, 0.5) is 0 Å². The summed E-state index contributed by atoms with van der Waals surface area (Å²) in [6.07, 6.45) is 0. The monoisotopic (exact) mass is 119 g/mol. The SMILES string of the molecule is CC(S)[C@@H](C)CN. The second kappa shape index (κ2) is 3.33. The first kappa shape index (κ1) is 7.31. The molecule has 2 atom stereocenters. The van der Waals surface area contributed by atoms with Gasteiger partial charge in [0.15, 0.2) is 0 Å². The van der Waals surface area contributed by atoms with Crippen molar-refractivity contribution < 1.29 is 0 Å². The van der Waals surface area contributed by atoms with Gasteiger partial charge in [-0.15, -0.1) is 0 Å². The predicted octanol–water partition coefficient (Wildman–Crippen LogP) is 0.899. The molecule has 0 aliphatic heterocycles. The van der Waals surface area contributed by atoms with Gasteiger partial charge >= 0.3 is 0 Å². The number of nitrogens with two attached hydrogens (primary N) is 1. The van der Waals surface area contributed by atoms with E-state index in [4.69, 9.17) is 5.73 Å². The summed E-state index contributed by atoms with van der Waals surface area (Å²) < 4.78 is 0. The zero-order chi connectivity index (χ0) is 5.86. The third kappa shape index (κ3) is 2.94. The summed E-state index contributed by atoms with van der Waals surface area (Å²) in [6.45, 7) is 4.89. The Labute approximate surface area is 50.7 Å². The summed E-state index contributed by atoms with van der Waals surface area (Å²) in [6, 6.07) is 0. The van der Waals surface area contributed by atoms with Crippen LogP contribution < -0.4 is 5.73 Å². The fourth-order valence-corrected chi connectivity index (χ4v) is 0.319. The molecule has 0 saturated carbocycles. The van der Waals surface area contributed by atoms with Crippen LogP contribution in [0.25, 0.3) is 0 Å². The number of rotatable bonds is 2. The molecule has 1 unspecified atom stereocenters. The van der Waals surface area contributed by atoms with E-state index in [1.807, 2.05) is 0 Å². The minimum atomic E-state index is 0.435. The van der Waals surface area contributed by atoms with Crippen LogP contribution in [0.5, 0.6) is 0 Å². The molecule has 2 N–H and O–H groups in total. The Morgan fingerprint density at radius 1 is 1.57 bits per heavy atom. The van der Waals surface area contributed by atoms with Crippen molar-refractivity contribution in [3.63, 3.8) is 0 Å². The molecule has 0 rings (SSSR count). The van der Waals surface area contributed by atoms with E-state index < -0.39 is 0 Å². The van der Waals surface area contributed by atoms with Gasteiger partial charge in [-0.05, 0) is 12.5 Å². The zero-order valence-electron chi connectivity index (χ0n) is 4.89. The average Bonchev–Trinajstić information content (AvgIpc) is 1.65. The van der Waals surface area contributed by atoms with Crippen LogP contribution in [0.1, 0.15) is 13.8 Å². The lowest BCUT2D eigenvalue weighted by Gasteiger charge is -2.09. The van der Waals surface area contributed by atoms with Gasteiger partial charge in [0.25, 0.3) is 0 Å². The highest BCUT2D eigenvalue weighted by Gasteiger charge is 2.02. The van der Waals surface area contributed by atoms with E-state index in [2.05, 4.69) is 26.5 Å². The quantitative estimate of drug-likeness (QED) is 0.519. The van der Waals surface area contributed by atoms with Gasteiger partial charge in [0.05, 0.1) is 0 Å². The standard InChI is InChI=1S/C5H13NS/c1-4(3-6)5(2)7/h4-5,7H,3,6H2,1-2H3/t4-,5?/m0/s1. The largest absolute Gasteiger partial charge is 0.330 e. The van der Waals surface area contributed by atoms with Crippen molar-refractivity contribution >= 4 is 12.6 Å². The molecule has 2 heteroatoms. The Kier molecular flexibility index (Phi) is 3.48. The van der Waals surface area contributed by atoms with Gasteiger partial charge in [-0.25, -0.2) is 0 Å². The Morgan fingerprint density at radius 2 is 2.00 bits per heavy atom. The van der Waals surface area contributed by atoms with Gasteiger partial charge in [0.1, 0.15) is 0 Å². The molecule has 0 aromatic heterocycles.